The van der Waals surface area contributed by atoms with Crippen LogP contribution < -0.4 is 10.6 Å². The molecule has 0 heterocycles. The van der Waals surface area contributed by atoms with Gasteiger partial charge in [-0.1, -0.05) is 97.1 Å². The summed E-state index contributed by atoms with van der Waals surface area (Å²) in [5, 5.41) is 5.61. The number of fused-ring (bicyclic) bond motifs is 6. The van der Waals surface area contributed by atoms with Crippen molar-refractivity contribution in [3.8, 4) is 22.3 Å². The molecule has 0 saturated heterocycles. The number of amides is 2. The summed E-state index contributed by atoms with van der Waals surface area (Å²) in [5.41, 5.74) is 9.60. The first-order valence-corrected chi connectivity index (χ1v) is 19.3. The van der Waals surface area contributed by atoms with Crippen LogP contribution in [0.5, 0.6) is 0 Å². The van der Waals surface area contributed by atoms with Crippen LogP contribution in [0.1, 0.15) is 46.9 Å². The molecule has 0 aliphatic heterocycles. The van der Waals surface area contributed by atoms with Gasteiger partial charge in [0.25, 0.3) is 0 Å². The molecule has 0 bridgehead atoms. The first-order chi connectivity index (χ1) is 27.2. The van der Waals surface area contributed by atoms with Gasteiger partial charge in [-0.05, 0) is 57.3 Å². The van der Waals surface area contributed by atoms with Crippen LogP contribution in [0.15, 0.2) is 97.1 Å². The summed E-state index contributed by atoms with van der Waals surface area (Å²) < 4.78 is 38.9. The normalized spacial score (nSPS) is 12.8. The zero-order valence-electron chi connectivity index (χ0n) is 31.4. The Morgan fingerprint density at radius 2 is 0.673 bits per heavy atom. The van der Waals surface area contributed by atoms with E-state index in [4.69, 9.17) is 33.2 Å². The van der Waals surface area contributed by atoms with Crippen LogP contribution in [0.25, 0.3) is 22.3 Å². The zero-order valence-corrected chi connectivity index (χ0v) is 31.4. The monoisotopic (exact) mass is 752 g/mol. The molecule has 292 valence electrons. The Balaban J connectivity index is 0.665. The molecule has 2 N–H and O–H groups in total. The fraction of sp³-hybridized carbons (Fsp3) is 0.409. The van der Waals surface area contributed by atoms with Gasteiger partial charge in [0.1, 0.15) is 13.2 Å². The van der Waals surface area contributed by atoms with E-state index in [0.29, 0.717) is 105 Å². The molecule has 0 saturated carbocycles. The summed E-state index contributed by atoms with van der Waals surface area (Å²) in [7, 11) is 0. The summed E-state index contributed by atoms with van der Waals surface area (Å²) in [6.45, 7) is 6.36. The highest BCUT2D eigenvalue weighted by Gasteiger charge is 2.30. The molecule has 0 aromatic heterocycles. The maximum Gasteiger partial charge on any atom is 0.407 e. The third-order valence-corrected chi connectivity index (χ3v) is 9.64. The topological polar surface area (TPSA) is 123 Å². The standard InChI is InChI=1S/C44H52N2O9/c47-43(54-31-41-37-15-5-1-11-33(37)34-12-2-6-16-38(34)41)45-19-9-21-49-23-25-51-27-29-53-30-28-52-26-24-50-22-10-20-46-44(48)55-32-42-39-17-7-3-13-35(39)36-14-4-8-18-40(36)42/h1-8,11-18,41-42H,9-10,19-32H2,(H,45,47)(H,46,48). The number of nitrogens with one attached hydrogen (secondary N) is 2. The van der Waals surface area contributed by atoms with Gasteiger partial charge in [0.05, 0.1) is 52.9 Å². The largest absolute Gasteiger partial charge is 0.449 e. The molecule has 0 fully saturated rings. The number of carbonyl (C=O) groups excluding carboxylic acids is 2. The van der Waals surface area contributed by atoms with Gasteiger partial charge < -0.3 is 43.8 Å². The fourth-order valence-electron chi connectivity index (χ4n) is 7.01. The Hall–Kier alpha value is -4.78. The van der Waals surface area contributed by atoms with E-state index in [1.807, 2.05) is 48.5 Å². The van der Waals surface area contributed by atoms with Crippen molar-refractivity contribution in [1.82, 2.24) is 10.6 Å². The van der Waals surface area contributed by atoms with Gasteiger partial charge in [-0.25, -0.2) is 9.59 Å². The second-order valence-corrected chi connectivity index (χ2v) is 13.3. The molecule has 0 radical (unpaired) electrons. The molecule has 2 aliphatic rings. The zero-order chi connectivity index (χ0) is 37.9. The van der Waals surface area contributed by atoms with Crippen molar-refractivity contribution in [2.45, 2.75) is 24.7 Å². The van der Waals surface area contributed by atoms with E-state index in [-0.39, 0.29) is 11.8 Å². The molecule has 0 unspecified atom stereocenters. The average molecular weight is 753 g/mol. The number of ether oxygens (including phenoxy) is 7. The second kappa shape index (κ2) is 21.9. The summed E-state index contributed by atoms with van der Waals surface area (Å²) in [5.74, 6) is 0.0926. The molecule has 0 atom stereocenters. The highest BCUT2D eigenvalue weighted by Crippen LogP contribution is 2.45. The first kappa shape index (κ1) is 39.9. The second-order valence-electron chi connectivity index (χ2n) is 13.3. The van der Waals surface area contributed by atoms with Gasteiger partial charge in [-0.3, -0.25) is 0 Å². The van der Waals surface area contributed by atoms with Crippen molar-refractivity contribution in [2.75, 3.05) is 92.4 Å². The summed E-state index contributed by atoms with van der Waals surface area (Å²) >= 11 is 0. The van der Waals surface area contributed by atoms with E-state index >= 15 is 0 Å². The van der Waals surface area contributed by atoms with Gasteiger partial charge >= 0.3 is 12.2 Å². The van der Waals surface area contributed by atoms with Crippen LogP contribution in [0.2, 0.25) is 0 Å². The summed E-state index contributed by atoms with van der Waals surface area (Å²) in [6, 6.07) is 33.1. The first-order valence-electron chi connectivity index (χ1n) is 19.3. The fourth-order valence-corrected chi connectivity index (χ4v) is 7.01. The molecular formula is C44H52N2O9. The Morgan fingerprint density at radius 3 is 0.982 bits per heavy atom. The van der Waals surface area contributed by atoms with E-state index in [9.17, 15) is 9.59 Å². The van der Waals surface area contributed by atoms with Crippen molar-refractivity contribution in [3.63, 3.8) is 0 Å². The van der Waals surface area contributed by atoms with Crippen molar-refractivity contribution in [3.05, 3.63) is 119 Å². The van der Waals surface area contributed by atoms with Crippen LogP contribution in [0.3, 0.4) is 0 Å². The minimum atomic E-state index is -0.418. The lowest BCUT2D eigenvalue weighted by Crippen LogP contribution is -2.27. The van der Waals surface area contributed by atoms with Gasteiger partial charge in [-0.15, -0.1) is 0 Å². The number of rotatable bonds is 24. The Labute approximate surface area is 323 Å². The van der Waals surface area contributed by atoms with Crippen LogP contribution in [0.4, 0.5) is 9.59 Å². The molecular weight excluding hydrogens is 700 g/mol. The van der Waals surface area contributed by atoms with Crippen LogP contribution in [-0.4, -0.2) is 105 Å². The summed E-state index contributed by atoms with van der Waals surface area (Å²) in [4.78, 5) is 24.6. The molecule has 4 aromatic rings. The van der Waals surface area contributed by atoms with Crippen molar-refractivity contribution >= 4 is 12.2 Å². The van der Waals surface area contributed by atoms with Crippen LogP contribution in [0, 0.1) is 0 Å². The molecule has 4 aromatic carbocycles. The average Bonchev–Trinajstić information content (AvgIpc) is 3.72. The van der Waals surface area contributed by atoms with Gasteiger partial charge in [0.2, 0.25) is 0 Å². The molecule has 55 heavy (non-hydrogen) atoms. The minimum absolute atomic E-state index is 0.0463. The predicted octanol–water partition coefficient (Wildman–Crippen LogP) is 6.93. The number of benzene rings is 4. The molecule has 11 heteroatoms. The highest BCUT2D eigenvalue weighted by atomic mass is 16.6. The third-order valence-electron chi connectivity index (χ3n) is 9.64. The SMILES string of the molecule is O=C(NCCCOCCOCCOCCOCCOCCCNC(=O)OCC1c2ccccc2-c2ccccc21)OCC1c2ccccc2-c2ccccc21. The predicted molar refractivity (Wildman–Crippen MR) is 209 cm³/mol. The number of hydrogen-bond acceptors (Lipinski definition) is 9. The lowest BCUT2D eigenvalue weighted by molar-refractivity contribution is -0.0112. The van der Waals surface area contributed by atoms with Crippen LogP contribution >= 0.6 is 0 Å². The Kier molecular flexibility index (Phi) is 15.9. The number of hydrogen-bond donors (Lipinski definition) is 2. The lowest BCUT2D eigenvalue weighted by Gasteiger charge is -2.14. The van der Waals surface area contributed by atoms with Crippen molar-refractivity contribution in [2.24, 2.45) is 0 Å². The Morgan fingerprint density at radius 1 is 0.400 bits per heavy atom. The maximum absolute atomic E-state index is 12.3. The molecule has 0 spiro atoms. The highest BCUT2D eigenvalue weighted by molar-refractivity contribution is 5.80. The van der Waals surface area contributed by atoms with E-state index in [0.717, 1.165) is 0 Å². The van der Waals surface area contributed by atoms with Crippen LogP contribution in [-0.2, 0) is 33.2 Å². The number of alkyl carbamates (subject to hydrolysis) is 2. The molecule has 2 amide bonds. The molecule has 6 rings (SSSR count). The van der Waals surface area contributed by atoms with E-state index in [1.165, 1.54) is 44.5 Å². The minimum Gasteiger partial charge on any atom is -0.449 e. The van der Waals surface area contributed by atoms with E-state index < -0.39 is 12.2 Å². The number of carbonyl (C=O) groups is 2. The third kappa shape index (κ3) is 11.6. The lowest BCUT2D eigenvalue weighted by atomic mass is 9.98. The van der Waals surface area contributed by atoms with Gasteiger partial charge in [-0.2, -0.15) is 0 Å². The molecule has 2 aliphatic carbocycles. The quantitative estimate of drug-likeness (QED) is 0.0735. The smallest absolute Gasteiger partial charge is 0.407 e. The summed E-state index contributed by atoms with van der Waals surface area (Å²) in [6.07, 6.45) is 0.524. The van der Waals surface area contributed by atoms with Crippen molar-refractivity contribution < 1.29 is 42.7 Å². The van der Waals surface area contributed by atoms with E-state index in [1.54, 1.807) is 0 Å². The maximum atomic E-state index is 12.3. The Bertz CT molecular complexity index is 1580. The van der Waals surface area contributed by atoms with Crippen molar-refractivity contribution in [1.29, 1.82) is 0 Å². The van der Waals surface area contributed by atoms with Gasteiger partial charge in [0, 0.05) is 38.1 Å². The van der Waals surface area contributed by atoms with Gasteiger partial charge in [0.15, 0.2) is 0 Å². The molecule has 11 nitrogen and oxygen atoms in total. The van der Waals surface area contributed by atoms with E-state index in [2.05, 4.69) is 59.2 Å².